The third-order valence-corrected chi connectivity index (χ3v) is 73.8. The molecule has 0 radical (unpaired) electrons. The first-order chi connectivity index (χ1) is 43.0. The van der Waals surface area contributed by atoms with Gasteiger partial charge in [0.15, 0.2) is 0 Å². The second-order valence-electron chi connectivity index (χ2n) is 40.2. The highest BCUT2D eigenvalue weighted by atomic mass is 28.4. The predicted octanol–water partition coefficient (Wildman–Crippen LogP) is 31.6. The molecule has 0 aliphatic heterocycles. The Labute approximate surface area is 602 Å². The largest absolute Gasteiger partial charge is 0.103 e. The summed E-state index contributed by atoms with van der Waals surface area (Å²) in [5.74, 6) is 0. The molecule has 0 aliphatic rings. The lowest BCUT2D eigenvalue weighted by atomic mass is 10.5. The predicted molar refractivity (Wildman–Crippen MR) is 483 cm³/mol. The van der Waals surface area contributed by atoms with Gasteiger partial charge >= 0.3 is 0 Å². The van der Waals surface area contributed by atoms with E-state index in [1.807, 2.05) is 0 Å². The number of hydrogen-bond donors (Lipinski definition) is 0. The van der Waals surface area contributed by atoms with Crippen LogP contribution < -0.4 is 0 Å². The molecular weight excluding hydrogens is 1330 g/mol. The van der Waals surface area contributed by atoms with Crippen molar-refractivity contribution in [2.75, 3.05) is 0 Å². The Morgan fingerprint density at radius 2 is 0.247 bits per heavy atom. The first-order valence-electron chi connectivity index (χ1n) is 39.8. The molecule has 0 spiro atoms. The minimum atomic E-state index is -1.71. The first-order valence-corrected chi connectivity index (χ1v) is 82.5. The van der Waals surface area contributed by atoms with Gasteiger partial charge in [0, 0.05) is 0 Å². The zero-order valence-corrected chi connectivity index (χ0v) is 80.9. The number of rotatable bonds is 64. The fourth-order valence-corrected chi connectivity index (χ4v) is 59.5. The third-order valence-electron chi connectivity index (χ3n) is 24.6. The molecule has 0 saturated carbocycles. The molecule has 0 saturated heterocycles. The van der Waals surface area contributed by atoms with E-state index in [2.05, 4.69) is 232 Å². The Morgan fingerprint density at radius 1 is 0.151 bits per heavy atom. The lowest BCUT2D eigenvalue weighted by Gasteiger charge is -2.39. The summed E-state index contributed by atoms with van der Waals surface area (Å²) in [5, 5.41) is 0. The SMILES string of the molecule is C=CC[Si](C)(C)CCC[Si](C)(CCC[Si](C)(C)CC=C)CCC[Si](CCC[Si](C)(CCC[Si](C)(C)CC=C)CCC[Si](C)(C)CC=C)(CCC[Si](C)(CCC[Si](C)(C)CC=C)CCC[Si](C)(C)CC=C)CCC[Si](C)(CCC[Si](C)(C)CC=C)CCC[Si](C)(C)CC=C. The van der Waals surface area contributed by atoms with Crippen molar-refractivity contribution in [2.45, 2.75) is 401 Å². The van der Waals surface area contributed by atoms with Gasteiger partial charge in [0.25, 0.3) is 0 Å². The topological polar surface area (TPSA) is 0 Å². The Bertz CT molecular complexity index is 1690. The summed E-state index contributed by atoms with van der Waals surface area (Å²) in [7, 11) is -17.7. The molecule has 0 aromatic rings. The van der Waals surface area contributed by atoms with Gasteiger partial charge in [0.1, 0.15) is 0 Å². The molecule has 0 atom stereocenters. The highest BCUT2D eigenvalue weighted by molar-refractivity contribution is 6.85. The van der Waals surface area contributed by atoms with Crippen molar-refractivity contribution in [3.63, 3.8) is 0 Å². The summed E-state index contributed by atoms with van der Waals surface area (Å²) in [6.45, 7) is 88.5. The van der Waals surface area contributed by atoms with E-state index in [4.69, 9.17) is 0 Å². The van der Waals surface area contributed by atoms with Crippen molar-refractivity contribution in [3.05, 3.63) is 101 Å². The van der Waals surface area contributed by atoms with Crippen molar-refractivity contribution < 1.29 is 0 Å². The minimum absolute atomic E-state index is 1.26. The first kappa shape index (κ1) is 93.7. The highest BCUT2D eigenvalue weighted by Crippen LogP contribution is 2.44. The van der Waals surface area contributed by atoms with Crippen LogP contribution in [0.4, 0.5) is 0 Å². The fourth-order valence-electron chi connectivity index (χ4n) is 17.7. The van der Waals surface area contributed by atoms with Crippen LogP contribution in [0.25, 0.3) is 0 Å². The summed E-state index contributed by atoms with van der Waals surface area (Å²) in [6, 6.07) is 47.9. The molecule has 0 bridgehead atoms. The summed E-state index contributed by atoms with van der Waals surface area (Å²) in [6.07, 6.45) is 36.3. The molecule has 0 amide bonds. The van der Waals surface area contributed by atoms with Gasteiger partial charge in [0.2, 0.25) is 0 Å². The molecule has 0 aliphatic carbocycles. The maximum absolute atomic E-state index is 4.26. The Balaban J connectivity index is 8.31. The van der Waals surface area contributed by atoms with E-state index >= 15 is 0 Å². The zero-order valence-electron chi connectivity index (χ0n) is 67.9. The Morgan fingerprint density at radius 3 is 0.344 bits per heavy atom. The van der Waals surface area contributed by atoms with E-state index in [1.54, 1.807) is 122 Å². The minimum Gasteiger partial charge on any atom is -0.103 e. The second kappa shape index (κ2) is 45.7. The second-order valence-corrected chi connectivity index (χ2v) is 108. The highest BCUT2D eigenvalue weighted by Gasteiger charge is 2.40. The average Bonchev–Trinajstić information content (AvgIpc) is 0.870. The summed E-state index contributed by atoms with van der Waals surface area (Å²) in [4.78, 5) is 0. The molecular formula is C80H172Si13. The third kappa shape index (κ3) is 46.1. The Hall–Kier alpha value is 0.739. The van der Waals surface area contributed by atoms with E-state index in [1.165, 1.54) is 148 Å². The van der Waals surface area contributed by atoms with Gasteiger partial charge in [-0.3, -0.25) is 0 Å². The van der Waals surface area contributed by atoms with Crippen LogP contribution >= 0.6 is 0 Å². The van der Waals surface area contributed by atoms with Gasteiger partial charge in [-0.05, 0) is 48.4 Å². The van der Waals surface area contributed by atoms with Crippen LogP contribution in [-0.2, 0) is 0 Å². The van der Waals surface area contributed by atoms with Crippen molar-refractivity contribution >= 4 is 105 Å². The molecule has 0 aromatic carbocycles. The normalized spacial score (nSPS) is 13.9. The smallest absolute Gasteiger partial charge is 0.0535 e. The van der Waals surface area contributed by atoms with E-state index in [0.29, 0.717) is 0 Å². The lowest BCUT2D eigenvalue weighted by Crippen LogP contribution is -2.39. The summed E-state index contributed by atoms with van der Waals surface area (Å²) >= 11 is 0. The lowest BCUT2D eigenvalue weighted by molar-refractivity contribution is 0.833. The van der Waals surface area contributed by atoms with Crippen molar-refractivity contribution in [3.8, 4) is 0 Å². The molecule has 93 heavy (non-hydrogen) atoms. The quantitative estimate of drug-likeness (QED) is 0.0421. The van der Waals surface area contributed by atoms with Crippen molar-refractivity contribution in [2.24, 2.45) is 0 Å². The van der Waals surface area contributed by atoms with E-state index in [9.17, 15) is 0 Å². The van der Waals surface area contributed by atoms with Gasteiger partial charge in [-0.2, -0.15) is 0 Å². The van der Waals surface area contributed by atoms with E-state index in [0.717, 1.165) is 0 Å². The zero-order chi connectivity index (χ0) is 71.3. The van der Waals surface area contributed by atoms with Crippen LogP contribution in [-0.4, -0.2) is 105 Å². The van der Waals surface area contributed by atoms with Crippen LogP contribution in [0.2, 0.25) is 324 Å². The molecule has 0 rings (SSSR count). The van der Waals surface area contributed by atoms with Crippen LogP contribution in [0.15, 0.2) is 101 Å². The van der Waals surface area contributed by atoms with Crippen molar-refractivity contribution in [1.29, 1.82) is 0 Å². The number of hydrogen-bond acceptors (Lipinski definition) is 0. The van der Waals surface area contributed by atoms with Crippen LogP contribution in [0.5, 0.6) is 0 Å². The Kier molecular flexibility index (Phi) is 46.0. The number of allylic oxidation sites excluding steroid dienone is 8. The average molecular weight is 1500 g/mol. The summed E-state index contributed by atoms with van der Waals surface area (Å²) in [5.41, 5.74) is 0. The standard InChI is InChI=1S/C80H172Si13/c1-29-49-81(9,10)57-37-65-89(25,66-38-58-82(11,12)50-30-2)73-45-77-93(78-46-74-90(26,67-39-59-83(13,14)51-31-3)68-40-60-84(15,16)52-32-4,79-47-75-91(27,69-41-61-85(17,18)53-33-5)70-42-62-86(19,20)54-34-6)80-48-76-92(28,71-43-63-87(21,22)55-35-7)72-44-64-88(23,24)56-36-8/h29-36H,1-8,37-80H2,9-28H3. The van der Waals surface area contributed by atoms with E-state index in [-0.39, 0.29) is 0 Å². The summed E-state index contributed by atoms with van der Waals surface area (Å²) < 4.78 is 0. The molecule has 544 valence electrons. The van der Waals surface area contributed by atoms with Gasteiger partial charge in [-0.1, -0.05) is 402 Å². The van der Waals surface area contributed by atoms with Crippen LogP contribution in [0.3, 0.4) is 0 Å². The van der Waals surface area contributed by atoms with Gasteiger partial charge in [-0.15, -0.1) is 52.6 Å². The maximum Gasteiger partial charge on any atom is 0.0535 e. The van der Waals surface area contributed by atoms with Crippen LogP contribution in [0, 0.1) is 0 Å². The van der Waals surface area contributed by atoms with Gasteiger partial charge < -0.3 is 0 Å². The molecule has 0 fully saturated rings. The molecule has 0 unspecified atom stereocenters. The van der Waals surface area contributed by atoms with Gasteiger partial charge in [0.05, 0.1) is 105 Å². The monoisotopic (exact) mass is 1500 g/mol. The molecule has 0 nitrogen and oxygen atoms in total. The van der Waals surface area contributed by atoms with E-state index < -0.39 is 105 Å². The van der Waals surface area contributed by atoms with Crippen molar-refractivity contribution in [1.82, 2.24) is 0 Å². The molecule has 0 aromatic heterocycles. The maximum atomic E-state index is 4.26. The molecule has 13 heteroatoms. The van der Waals surface area contributed by atoms with Gasteiger partial charge in [-0.25, -0.2) is 0 Å². The fraction of sp³-hybridized carbons (Fsp3) is 0.800. The molecule has 0 N–H and O–H groups in total. The molecule has 0 heterocycles. The van der Waals surface area contributed by atoms with Crippen LogP contribution in [0.1, 0.15) is 77.0 Å².